The van der Waals surface area contributed by atoms with Crippen LogP contribution in [0.1, 0.15) is 52.4 Å². The topological polar surface area (TPSA) is 35.6 Å². The SMILES string of the molecule is CC(C)C1CCC(N2CCN(C(=O)C3CCCNC3)CC2)CC1. The molecule has 132 valence electrons. The summed E-state index contributed by atoms with van der Waals surface area (Å²) in [5, 5.41) is 3.37. The zero-order valence-electron chi connectivity index (χ0n) is 15.1. The fraction of sp³-hybridized carbons (Fsp3) is 0.947. The van der Waals surface area contributed by atoms with Gasteiger partial charge in [0, 0.05) is 38.8 Å². The number of hydrogen-bond donors (Lipinski definition) is 1. The van der Waals surface area contributed by atoms with Crippen molar-refractivity contribution in [2.75, 3.05) is 39.3 Å². The maximum absolute atomic E-state index is 12.6. The summed E-state index contributed by atoms with van der Waals surface area (Å²) in [6.45, 7) is 10.8. The molecule has 0 aromatic carbocycles. The average Bonchev–Trinajstić information content (AvgIpc) is 2.62. The van der Waals surface area contributed by atoms with Crippen LogP contribution >= 0.6 is 0 Å². The van der Waals surface area contributed by atoms with Crippen LogP contribution in [-0.4, -0.2) is 61.0 Å². The Kier molecular flexibility index (Phi) is 5.97. The highest BCUT2D eigenvalue weighted by Gasteiger charge is 2.32. The number of carbonyl (C=O) groups excluding carboxylic acids is 1. The van der Waals surface area contributed by atoms with E-state index in [0.717, 1.165) is 70.0 Å². The van der Waals surface area contributed by atoms with Crippen LogP contribution in [0.5, 0.6) is 0 Å². The summed E-state index contributed by atoms with van der Waals surface area (Å²) in [6, 6.07) is 0.776. The third-order valence-corrected chi connectivity index (χ3v) is 6.47. The Hall–Kier alpha value is -0.610. The zero-order valence-corrected chi connectivity index (χ0v) is 15.1. The van der Waals surface area contributed by atoms with Gasteiger partial charge in [0.2, 0.25) is 5.91 Å². The van der Waals surface area contributed by atoms with Crippen LogP contribution in [0.4, 0.5) is 0 Å². The van der Waals surface area contributed by atoms with Crippen LogP contribution in [0.2, 0.25) is 0 Å². The van der Waals surface area contributed by atoms with E-state index < -0.39 is 0 Å². The largest absolute Gasteiger partial charge is 0.340 e. The molecule has 0 bridgehead atoms. The van der Waals surface area contributed by atoms with E-state index in [9.17, 15) is 4.79 Å². The molecule has 4 nitrogen and oxygen atoms in total. The van der Waals surface area contributed by atoms with Gasteiger partial charge in [0.05, 0.1) is 5.92 Å². The predicted octanol–water partition coefficient (Wildman–Crippen LogP) is 2.34. The number of hydrogen-bond acceptors (Lipinski definition) is 3. The Bertz CT molecular complexity index is 376. The first-order valence-corrected chi connectivity index (χ1v) is 9.88. The molecule has 2 aliphatic heterocycles. The van der Waals surface area contributed by atoms with Crippen molar-refractivity contribution < 1.29 is 4.79 Å². The normalized spacial score (nSPS) is 33.9. The molecule has 3 rings (SSSR count). The predicted molar refractivity (Wildman–Crippen MR) is 94.3 cm³/mol. The lowest BCUT2D eigenvalue weighted by atomic mass is 9.79. The van der Waals surface area contributed by atoms with Crippen LogP contribution in [0.3, 0.4) is 0 Å². The molecule has 1 N–H and O–H groups in total. The molecule has 0 spiro atoms. The molecule has 2 heterocycles. The molecule has 0 aromatic heterocycles. The minimum absolute atomic E-state index is 0.233. The van der Waals surface area contributed by atoms with E-state index in [-0.39, 0.29) is 5.92 Å². The lowest BCUT2D eigenvalue weighted by Gasteiger charge is -2.43. The molecule has 23 heavy (non-hydrogen) atoms. The summed E-state index contributed by atoms with van der Waals surface area (Å²) < 4.78 is 0. The molecule has 1 aliphatic carbocycles. The minimum Gasteiger partial charge on any atom is -0.340 e. The molecular formula is C19H35N3O. The summed E-state index contributed by atoms with van der Waals surface area (Å²) in [5.74, 6) is 2.42. The molecule has 2 saturated heterocycles. The maximum Gasteiger partial charge on any atom is 0.227 e. The molecule has 0 aromatic rings. The highest BCUT2D eigenvalue weighted by Crippen LogP contribution is 2.32. The van der Waals surface area contributed by atoms with Gasteiger partial charge in [-0.05, 0) is 56.9 Å². The summed E-state index contributed by atoms with van der Waals surface area (Å²) in [7, 11) is 0. The van der Waals surface area contributed by atoms with Gasteiger partial charge in [-0.25, -0.2) is 0 Å². The van der Waals surface area contributed by atoms with Crippen molar-refractivity contribution in [2.24, 2.45) is 17.8 Å². The van der Waals surface area contributed by atoms with Crippen molar-refractivity contribution in [1.82, 2.24) is 15.1 Å². The number of piperazine rings is 1. The van der Waals surface area contributed by atoms with Gasteiger partial charge >= 0.3 is 0 Å². The number of rotatable bonds is 3. The second kappa shape index (κ2) is 7.98. The zero-order chi connectivity index (χ0) is 16.2. The molecule has 1 amide bonds. The van der Waals surface area contributed by atoms with Gasteiger partial charge in [0.15, 0.2) is 0 Å². The van der Waals surface area contributed by atoms with Crippen LogP contribution in [0.25, 0.3) is 0 Å². The number of piperidine rings is 1. The Morgan fingerprint density at radius 1 is 1.00 bits per heavy atom. The number of nitrogens with zero attached hydrogens (tertiary/aromatic N) is 2. The van der Waals surface area contributed by atoms with E-state index in [1.807, 2.05) is 0 Å². The van der Waals surface area contributed by atoms with Crippen LogP contribution in [-0.2, 0) is 4.79 Å². The second-order valence-electron chi connectivity index (χ2n) is 8.22. The second-order valence-corrected chi connectivity index (χ2v) is 8.22. The van der Waals surface area contributed by atoms with E-state index in [1.54, 1.807) is 0 Å². The first-order valence-electron chi connectivity index (χ1n) is 9.88. The first-order chi connectivity index (χ1) is 11.1. The van der Waals surface area contributed by atoms with Crippen molar-refractivity contribution in [3.8, 4) is 0 Å². The smallest absolute Gasteiger partial charge is 0.227 e. The lowest BCUT2D eigenvalue weighted by molar-refractivity contribution is -0.138. The average molecular weight is 322 g/mol. The molecule has 1 saturated carbocycles. The van der Waals surface area contributed by atoms with Crippen LogP contribution < -0.4 is 5.32 Å². The summed E-state index contributed by atoms with van der Waals surface area (Å²) in [4.78, 5) is 17.4. The van der Waals surface area contributed by atoms with E-state index in [0.29, 0.717) is 5.91 Å². The van der Waals surface area contributed by atoms with Gasteiger partial charge in [-0.3, -0.25) is 9.69 Å². The highest BCUT2D eigenvalue weighted by atomic mass is 16.2. The van der Waals surface area contributed by atoms with Gasteiger partial charge in [-0.2, -0.15) is 0 Å². The molecule has 4 heteroatoms. The molecule has 3 aliphatic rings. The van der Waals surface area contributed by atoms with Gasteiger partial charge in [-0.1, -0.05) is 13.8 Å². The summed E-state index contributed by atoms with van der Waals surface area (Å²) in [5.41, 5.74) is 0. The van der Waals surface area contributed by atoms with E-state index in [1.165, 1.54) is 25.7 Å². The van der Waals surface area contributed by atoms with Crippen molar-refractivity contribution in [1.29, 1.82) is 0 Å². The number of nitrogens with one attached hydrogen (secondary N) is 1. The van der Waals surface area contributed by atoms with Crippen molar-refractivity contribution in [2.45, 2.75) is 58.4 Å². The van der Waals surface area contributed by atoms with E-state index >= 15 is 0 Å². The minimum atomic E-state index is 0.233. The summed E-state index contributed by atoms with van der Waals surface area (Å²) >= 11 is 0. The summed E-state index contributed by atoms with van der Waals surface area (Å²) in [6.07, 6.45) is 7.75. The molecule has 1 unspecified atom stereocenters. The first kappa shape index (κ1) is 17.2. The number of amides is 1. The molecule has 1 atom stereocenters. The van der Waals surface area contributed by atoms with Gasteiger partial charge in [-0.15, -0.1) is 0 Å². The van der Waals surface area contributed by atoms with Gasteiger partial charge in [0.25, 0.3) is 0 Å². The monoisotopic (exact) mass is 321 g/mol. The molecule has 3 fully saturated rings. The Morgan fingerprint density at radius 3 is 2.26 bits per heavy atom. The Labute approximate surface area is 142 Å². The fourth-order valence-electron chi connectivity index (χ4n) is 4.76. The van der Waals surface area contributed by atoms with Crippen molar-refractivity contribution in [3.63, 3.8) is 0 Å². The molecular weight excluding hydrogens is 286 g/mol. The van der Waals surface area contributed by atoms with Crippen molar-refractivity contribution >= 4 is 5.91 Å². The fourth-order valence-corrected chi connectivity index (χ4v) is 4.76. The molecule has 0 radical (unpaired) electrons. The quantitative estimate of drug-likeness (QED) is 0.867. The third kappa shape index (κ3) is 4.27. The van der Waals surface area contributed by atoms with Crippen LogP contribution in [0, 0.1) is 17.8 Å². The Morgan fingerprint density at radius 2 is 1.70 bits per heavy atom. The number of carbonyl (C=O) groups is 1. The lowest BCUT2D eigenvalue weighted by Crippen LogP contribution is -2.54. The van der Waals surface area contributed by atoms with Crippen LogP contribution in [0.15, 0.2) is 0 Å². The maximum atomic E-state index is 12.6. The van der Waals surface area contributed by atoms with Crippen molar-refractivity contribution in [3.05, 3.63) is 0 Å². The van der Waals surface area contributed by atoms with Gasteiger partial charge in [0.1, 0.15) is 0 Å². The standard InChI is InChI=1S/C19H35N3O/c1-15(2)16-5-7-18(8-6-16)21-10-12-22(13-11-21)19(23)17-4-3-9-20-14-17/h15-18,20H,3-14H2,1-2H3. The van der Waals surface area contributed by atoms with Gasteiger partial charge < -0.3 is 10.2 Å². The third-order valence-electron chi connectivity index (χ3n) is 6.47. The van der Waals surface area contributed by atoms with E-state index in [4.69, 9.17) is 0 Å². The highest BCUT2D eigenvalue weighted by molar-refractivity contribution is 5.79. The van der Waals surface area contributed by atoms with E-state index in [2.05, 4.69) is 29.0 Å². The Balaban J connectivity index is 1.42.